The van der Waals surface area contributed by atoms with Crippen molar-refractivity contribution in [3.8, 4) is 0 Å². The molecule has 28 heteroatoms. The lowest BCUT2D eigenvalue weighted by Crippen LogP contribution is -2.39. The van der Waals surface area contributed by atoms with Crippen LogP contribution in [0.2, 0.25) is 0 Å². The van der Waals surface area contributed by atoms with Gasteiger partial charge in [-0.15, -0.1) is 0 Å². The first-order valence-corrected chi connectivity index (χ1v) is 23.3. The van der Waals surface area contributed by atoms with Crippen molar-refractivity contribution in [1.29, 1.82) is 0 Å². The van der Waals surface area contributed by atoms with E-state index in [0.717, 1.165) is 18.3 Å². The summed E-state index contributed by atoms with van der Waals surface area (Å²) in [6.45, 7) is -27.0. The third-order valence-corrected chi connectivity index (χ3v) is 11.3. The fourth-order valence-corrected chi connectivity index (χ4v) is 7.44. The number of hydrogen-bond donors (Lipinski definition) is 4. The molecule has 4 N–H and O–H groups in total. The molecular weight excluding hydrogens is 1040 g/mol. The first-order chi connectivity index (χ1) is 52.7. The molecule has 28 nitrogen and oxygen atoms in total. The molecule has 440 valence electrons. The fourth-order valence-electron chi connectivity index (χ4n) is 7.44. The molecule has 4 atom stereocenters. The highest BCUT2D eigenvalue weighted by molar-refractivity contribution is 5.71. The molecule has 8 rings (SSSR count). The molecule has 0 unspecified atom stereocenters. The number of aromatic nitrogens is 16. The van der Waals surface area contributed by atoms with Gasteiger partial charge in [0.05, 0.1) is 52.3 Å². The monoisotopic (exact) mass is 1160 g/mol. The Kier molecular flexibility index (Phi) is 9.89. The van der Waals surface area contributed by atoms with Crippen molar-refractivity contribution in [2.24, 2.45) is 56.1 Å². The molecule has 80 heavy (non-hydrogen) atoms. The topological polar surface area (TPSA) is 328 Å². The Morgan fingerprint density at radius 1 is 0.412 bits per heavy atom. The summed E-state index contributed by atoms with van der Waals surface area (Å²) in [5, 5.41) is 38.9. The maximum absolute atomic E-state index is 12.9. The third-order valence-electron chi connectivity index (χ3n) is 11.3. The van der Waals surface area contributed by atoms with Gasteiger partial charge in [0.25, 0.3) is 22.2 Å². The van der Waals surface area contributed by atoms with Gasteiger partial charge >= 0.3 is 22.8 Å². The number of aliphatic hydroxyl groups excluding tert-OH is 2. The third kappa shape index (κ3) is 14.6. The van der Waals surface area contributed by atoms with Gasteiger partial charge in [-0.3, -0.25) is 55.7 Å². The van der Waals surface area contributed by atoms with Crippen LogP contribution in [-0.2, 0) is 82.3 Å². The zero-order chi connectivity index (χ0) is 91.9. The van der Waals surface area contributed by atoms with Crippen LogP contribution < -0.4 is 45.0 Å². The van der Waals surface area contributed by atoms with Crippen molar-refractivity contribution >= 4 is 44.7 Å². The highest BCUT2D eigenvalue weighted by atomic mass is 16.3. The fraction of sp³-hybridized carbons (Fsp3) is 0.615. The molecule has 0 aliphatic carbocycles. The first-order valence-electron chi connectivity index (χ1n) is 42.3. The van der Waals surface area contributed by atoms with Crippen LogP contribution in [0.1, 0.15) is 156 Å². The van der Waals surface area contributed by atoms with Crippen molar-refractivity contribution in [3.05, 3.63) is 109 Å². The Balaban J connectivity index is 0.000000282. The minimum Gasteiger partial charge on any atom is -0.393 e. The van der Waals surface area contributed by atoms with Crippen molar-refractivity contribution in [3.63, 3.8) is 0 Å². The average Bonchev–Trinajstić information content (AvgIpc) is 1.56. The van der Waals surface area contributed by atoms with E-state index in [-0.39, 0.29) is 92.0 Å². The van der Waals surface area contributed by atoms with Crippen LogP contribution in [0.4, 0.5) is 0 Å². The Morgan fingerprint density at radius 3 is 0.975 bits per heavy atom. The van der Waals surface area contributed by atoms with E-state index in [1.54, 1.807) is 0 Å². The van der Waals surface area contributed by atoms with Gasteiger partial charge in [0, 0.05) is 126 Å². The molecule has 0 aromatic carbocycles. The quantitative estimate of drug-likeness (QED) is 0.0777. The van der Waals surface area contributed by atoms with E-state index in [1.807, 2.05) is 0 Å². The van der Waals surface area contributed by atoms with E-state index < -0.39 is 224 Å². The first kappa shape index (κ1) is 28.2. The molecule has 0 amide bonds. The van der Waals surface area contributed by atoms with Gasteiger partial charge in [-0.25, -0.2) is 39.1 Å². The van der Waals surface area contributed by atoms with E-state index in [2.05, 4.69) is 19.9 Å². The Labute approximate surface area is 512 Å². The lowest BCUT2D eigenvalue weighted by Gasteiger charge is -2.09. The smallest absolute Gasteiger partial charge is 0.332 e. The van der Waals surface area contributed by atoms with Gasteiger partial charge in [0.2, 0.25) is 0 Å². The van der Waals surface area contributed by atoms with Gasteiger partial charge in [-0.2, -0.15) is 0 Å². The summed E-state index contributed by atoms with van der Waals surface area (Å²) in [4.78, 5) is 116. The summed E-state index contributed by atoms with van der Waals surface area (Å²) in [6, 6.07) is 0. The molecule has 0 bridgehead atoms. The zero-order valence-corrected chi connectivity index (χ0v) is 42.9. The van der Waals surface area contributed by atoms with Gasteiger partial charge in [-0.05, 0) is 104 Å². The maximum Gasteiger partial charge on any atom is 0.332 e. The number of rotatable bonds is 20. The van der Waals surface area contributed by atoms with E-state index in [1.165, 1.54) is 37.3 Å². The molecule has 0 aliphatic rings. The van der Waals surface area contributed by atoms with Gasteiger partial charge in [0.1, 0.15) is 5.48 Å². The second-order valence-corrected chi connectivity index (χ2v) is 16.7. The van der Waals surface area contributed by atoms with E-state index in [0.29, 0.717) is 9.13 Å². The highest BCUT2D eigenvalue weighted by Crippen LogP contribution is 2.09. The number of imidazole rings is 4. The van der Waals surface area contributed by atoms with Crippen molar-refractivity contribution in [2.45, 2.75) is 155 Å². The van der Waals surface area contributed by atoms with Crippen LogP contribution in [0.25, 0.3) is 44.7 Å². The summed E-state index contributed by atoms with van der Waals surface area (Å²) in [5.41, 5.74) is -11.3. The molecule has 8 heterocycles. The largest absolute Gasteiger partial charge is 0.393 e. The van der Waals surface area contributed by atoms with Crippen LogP contribution in [0, 0.1) is 0 Å². The normalized spacial score (nSPS) is 22.8. The molecule has 0 saturated heterocycles. The standard InChI is InChI=1S/4C13H20N4O3/c4*1-9(18)6-4-5-7-17-12(19)10-11(14-8-15(10)2)16(3)13(17)20/h4*8-9,18H,4-7H2,1-3H3/t4*9-/m1100/s1/i1D3,2D3,3D3,6D2,8D,9D;1D3,6D2,8D;1D3,2D3,3D3,6D2,8D,9D;1D3,6D2,8D. The van der Waals surface area contributed by atoms with Gasteiger partial charge < -0.3 is 38.7 Å². The Hall–Kier alpha value is -7.56. The number of aryl methyl sites for hydroxylation is 8. The molecule has 8 aromatic heterocycles. The summed E-state index contributed by atoms with van der Waals surface area (Å²) < 4.78 is 291. The van der Waals surface area contributed by atoms with Crippen molar-refractivity contribution in [1.82, 2.24) is 74.7 Å². The molecular formula is C52H80N16O12. The van der Waals surface area contributed by atoms with E-state index in [9.17, 15) is 58.8 Å². The predicted octanol–water partition coefficient (Wildman–Crippen LogP) is -0.0608. The van der Waals surface area contributed by atoms with E-state index >= 15 is 0 Å². The van der Waals surface area contributed by atoms with Gasteiger partial charge in [-0.1, -0.05) is 0 Å². The van der Waals surface area contributed by atoms with Crippen molar-refractivity contribution < 1.29 is 72.5 Å². The molecule has 0 radical (unpaired) electrons. The minimum atomic E-state index is -3.52. The van der Waals surface area contributed by atoms with Crippen LogP contribution >= 0.6 is 0 Å². The second-order valence-electron chi connectivity index (χ2n) is 16.7. The number of fused-ring (bicyclic) bond motifs is 4. The summed E-state index contributed by atoms with van der Waals surface area (Å²) in [6.07, 6.45) is -28.0. The predicted molar refractivity (Wildman–Crippen MR) is 303 cm³/mol. The number of nitrogens with zero attached hydrogens (tertiary/aromatic N) is 16. The van der Waals surface area contributed by atoms with Crippen LogP contribution in [0.3, 0.4) is 0 Å². The second kappa shape index (κ2) is 28.0. The molecule has 0 fully saturated rings. The average molecular weight is 1160 g/mol. The summed E-state index contributed by atoms with van der Waals surface area (Å²) >= 11 is 0. The lowest BCUT2D eigenvalue weighted by atomic mass is 10.2. The summed E-state index contributed by atoms with van der Waals surface area (Å²) in [7, 11) is 5.76. The van der Waals surface area contributed by atoms with Crippen LogP contribution in [0.5, 0.6) is 0 Å². The minimum absolute atomic E-state index is 0.0353. The maximum atomic E-state index is 12.9. The zero-order valence-electron chi connectivity index (χ0n) is 80.9. The highest BCUT2D eigenvalue weighted by Gasteiger charge is 2.18. The molecule has 8 aromatic rings. The van der Waals surface area contributed by atoms with Crippen LogP contribution in [-0.4, -0.2) is 120 Å². The SMILES string of the molecule is [2H]c1nc2c(c(=O)n(CCCC([2H])([2H])[C@@H](O)C([2H])([2H])[2H])c(=O)n2C)n1C.[2H]c1nc2c(c(=O)n(CCCC([2H])([2H])[C@@]([2H])(O)C([2H])([2H])[2H])c(=O)n2C([2H])([2H])[2H])n1C([2H])([2H])[2H].[2H]c1nc2c(c(=O)n(CCCC([2H])([2H])[C@H](O)C([2H])([2H])[2H])c(=O)n2C)n1C.[2H]c1nc2c(c(=O)n(CCCC([2H])([2H])[C@]([2H])(O)C([2H])([2H])[2H])c(=O)n2C([2H])([2H])[2H])n1C([2H])([2H])[2H]. The number of hydrogen-bond acceptors (Lipinski definition) is 16. The van der Waals surface area contributed by atoms with Crippen LogP contribution in [0.15, 0.2) is 63.6 Å². The number of aliphatic hydroxyl groups is 4. The van der Waals surface area contributed by atoms with E-state index in [4.69, 9.17) is 52.1 Å². The Bertz CT molecular complexity index is 5230. The van der Waals surface area contributed by atoms with Gasteiger partial charge in [0.15, 0.2) is 44.7 Å². The summed E-state index contributed by atoms with van der Waals surface area (Å²) in [5.74, 6) is 0. The molecule has 0 aliphatic heterocycles. The molecule has 0 saturated carbocycles. The Morgan fingerprint density at radius 2 is 0.688 bits per heavy atom. The lowest BCUT2D eigenvalue weighted by molar-refractivity contribution is 0.179. The van der Waals surface area contributed by atoms with Crippen molar-refractivity contribution in [2.75, 3.05) is 0 Å². The molecule has 0 spiro atoms.